The highest BCUT2D eigenvalue weighted by Gasteiger charge is 2.26. The standard InChI is InChI=1S/C22H17N3O3S/c26-20(18-9-4-12-28-18)24-22-23-17-10-11-25(13-19(17)29-22)21(27)16-8-3-6-14-5-1-2-7-15(14)16/h1-9,12H,10-11,13H2,(H,23,24,26). The van der Waals surface area contributed by atoms with E-state index in [4.69, 9.17) is 4.42 Å². The molecule has 0 atom stereocenters. The van der Waals surface area contributed by atoms with Gasteiger partial charge in [0.15, 0.2) is 10.9 Å². The number of carbonyl (C=O) groups excluding carboxylic acids is 2. The number of hydrogen-bond acceptors (Lipinski definition) is 5. The Morgan fingerprint density at radius 2 is 1.93 bits per heavy atom. The van der Waals surface area contributed by atoms with Gasteiger partial charge in [0, 0.05) is 23.4 Å². The zero-order valence-corrected chi connectivity index (χ0v) is 16.2. The minimum atomic E-state index is -0.329. The average Bonchev–Trinajstić information content (AvgIpc) is 3.42. The SMILES string of the molecule is O=C(Nc1nc2c(s1)CN(C(=O)c1cccc3ccccc13)CC2)c1ccco1. The van der Waals surface area contributed by atoms with Gasteiger partial charge in [0.2, 0.25) is 0 Å². The van der Waals surface area contributed by atoms with Gasteiger partial charge in [-0.15, -0.1) is 0 Å². The lowest BCUT2D eigenvalue weighted by Crippen LogP contribution is -2.35. The van der Waals surface area contributed by atoms with Gasteiger partial charge in [0.1, 0.15) is 0 Å². The summed E-state index contributed by atoms with van der Waals surface area (Å²) in [6, 6.07) is 17.0. The maximum atomic E-state index is 13.2. The van der Waals surface area contributed by atoms with E-state index in [9.17, 15) is 9.59 Å². The molecule has 29 heavy (non-hydrogen) atoms. The number of aromatic nitrogens is 1. The monoisotopic (exact) mass is 403 g/mol. The van der Waals surface area contributed by atoms with Crippen molar-refractivity contribution in [3.63, 3.8) is 0 Å². The van der Waals surface area contributed by atoms with Crippen LogP contribution in [0, 0.1) is 0 Å². The van der Waals surface area contributed by atoms with Crippen LogP contribution in [-0.4, -0.2) is 28.2 Å². The van der Waals surface area contributed by atoms with E-state index in [0.29, 0.717) is 30.2 Å². The van der Waals surface area contributed by atoms with Crippen LogP contribution in [0.1, 0.15) is 31.5 Å². The van der Waals surface area contributed by atoms with Gasteiger partial charge in [0.05, 0.1) is 18.5 Å². The van der Waals surface area contributed by atoms with Crippen molar-refractivity contribution in [2.24, 2.45) is 0 Å². The Morgan fingerprint density at radius 3 is 2.79 bits per heavy atom. The lowest BCUT2D eigenvalue weighted by Gasteiger charge is -2.26. The van der Waals surface area contributed by atoms with E-state index in [2.05, 4.69) is 10.3 Å². The second-order valence-corrected chi connectivity index (χ2v) is 7.91. The molecule has 3 heterocycles. The number of thiazole rings is 1. The molecule has 0 saturated carbocycles. The fraction of sp³-hybridized carbons (Fsp3) is 0.136. The number of nitrogens with one attached hydrogen (secondary N) is 1. The third kappa shape index (κ3) is 3.30. The molecular weight excluding hydrogens is 386 g/mol. The van der Waals surface area contributed by atoms with E-state index >= 15 is 0 Å². The highest BCUT2D eigenvalue weighted by atomic mass is 32.1. The summed E-state index contributed by atoms with van der Waals surface area (Å²) in [4.78, 5) is 32.7. The second kappa shape index (κ2) is 7.18. The third-order valence-corrected chi connectivity index (χ3v) is 6.00. The Morgan fingerprint density at radius 1 is 1.07 bits per heavy atom. The molecule has 0 fully saturated rings. The van der Waals surface area contributed by atoms with Crippen molar-refractivity contribution in [1.29, 1.82) is 0 Å². The summed E-state index contributed by atoms with van der Waals surface area (Å²) < 4.78 is 5.11. The molecule has 2 aromatic carbocycles. The predicted octanol–water partition coefficient (Wildman–Crippen LogP) is 4.34. The second-order valence-electron chi connectivity index (χ2n) is 6.82. The van der Waals surface area contributed by atoms with Crippen LogP contribution in [0.3, 0.4) is 0 Å². The molecule has 144 valence electrons. The molecule has 1 aliphatic rings. The van der Waals surface area contributed by atoms with E-state index in [0.717, 1.165) is 21.3 Å². The van der Waals surface area contributed by atoms with Crippen molar-refractivity contribution >= 4 is 39.1 Å². The Labute approximate surface area is 170 Å². The lowest BCUT2D eigenvalue weighted by atomic mass is 10.0. The molecule has 4 aromatic rings. The first-order chi connectivity index (χ1) is 14.2. The van der Waals surface area contributed by atoms with Crippen molar-refractivity contribution in [2.75, 3.05) is 11.9 Å². The van der Waals surface area contributed by atoms with Crippen molar-refractivity contribution in [1.82, 2.24) is 9.88 Å². The number of rotatable bonds is 3. The number of benzene rings is 2. The van der Waals surface area contributed by atoms with Crippen molar-refractivity contribution < 1.29 is 14.0 Å². The van der Waals surface area contributed by atoms with Gasteiger partial charge in [-0.3, -0.25) is 14.9 Å². The fourth-order valence-corrected chi connectivity index (χ4v) is 4.59. The first-order valence-corrected chi connectivity index (χ1v) is 10.1. The fourth-order valence-electron chi connectivity index (χ4n) is 3.57. The summed E-state index contributed by atoms with van der Waals surface area (Å²) in [6.07, 6.45) is 2.12. The van der Waals surface area contributed by atoms with Gasteiger partial charge in [-0.25, -0.2) is 4.98 Å². The van der Waals surface area contributed by atoms with Crippen LogP contribution in [-0.2, 0) is 13.0 Å². The summed E-state index contributed by atoms with van der Waals surface area (Å²) in [7, 11) is 0. The Kier molecular flexibility index (Phi) is 4.37. The highest BCUT2D eigenvalue weighted by molar-refractivity contribution is 7.15. The van der Waals surface area contributed by atoms with Crippen LogP contribution in [0.25, 0.3) is 10.8 Å². The van der Waals surface area contributed by atoms with Gasteiger partial charge in [-0.05, 0) is 29.0 Å². The van der Waals surface area contributed by atoms with Gasteiger partial charge in [-0.1, -0.05) is 47.7 Å². The van der Waals surface area contributed by atoms with Crippen LogP contribution in [0.2, 0.25) is 0 Å². The maximum absolute atomic E-state index is 13.2. The summed E-state index contributed by atoms with van der Waals surface area (Å²) in [5, 5.41) is 5.31. The van der Waals surface area contributed by atoms with Crippen LogP contribution in [0.5, 0.6) is 0 Å². The van der Waals surface area contributed by atoms with Crippen LogP contribution in [0.15, 0.2) is 65.3 Å². The van der Waals surface area contributed by atoms with Gasteiger partial charge in [-0.2, -0.15) is 0 Å². The minimum absolute atomic E-state index is 0.0158. The average molecular weight is 403 g/mol. The smallest absolute Gasteiger partial charge is 0.293 e. The molecule has 1 N–H and O–H groups in total. The number of nitrogens with zero attached hydrogens (tertiary/aromatic N) is 2. The molecular formula is C22H17N3O3S. The molecule has 1 aliphatic heterocycles. The largest absolute Gasteiger partial charge is 0.459 e. The minimum Gasteiger partial charge on any atom is -0.459 e. The molecule has 7 heteroatoms. The number of hydrogen-bond donors (Lipinski definition) is 1. The number of amides is 2. The van der Waals surface area contributed by atoms with Crippen LogP contribution in [0.4, 0.5) is 5.13 Å². The topological polar surface area (TPSA) is 75.4 Å². The molecule has 2 aromatic heterocycles. The highest BCUT2D eigenvalue weighted by Crippen LogP contribution is 2.30. The molecule has 0 unspecified atom stereocenters. The zero-order valence-electron chi connectivity index (χ0n) is 15.4. The molecule has 6 nitrogen and oxygen atoms in total. The zero-order chi connectivity index (χ0) is 19.8. The van der Waals surface area contributed by atoms with E-state index < -0.39 is 0 Å². The van der Waals surface area contributed by atoms with E-state index in [1.54, 1.807) is 12.1 Å². The lowest BCUT2D eigenvalue weighted by molar-refractivity contribution is 0.0738. The number of carbonyl (C=O) groups is 2. The molecule has 5 rings (SSSR count). The molecule has 0 radical (unpaired) electrons. The number of fused-ring (bicyclic) bond motifs is 2. The molecule has 2 amide bonds. The van der Waals surface area contributed by atoms with Gasteiger partial charge in [0.25, 0.3) is 11.8 Å². The Hall–Kier alpha value is -3.45. The number of anilines is 1. The molecule has 0 aliphatic carbocycles. The van der Waals surface area contributed by atoms with E-state index in [1.807, 2.05) is 47.4 Å². The third-order valence-electron chi connectivity index (χ3n) is 5.00. The summed E-state index contributed by atoms with van der Waals surface area (Å²) in [5.41, 5.74) is 1.65. The summed E-state index contributed by atoms with van der Waals surface area (Å²) in [6.45, 7) is 1.09. The van der Waals surface area contributed by atoms with E-state index in [-0.39, 0.29) is 17.6 Å². The summed E-state index contributed by atoms with van der Waals surface area (Å²) in [5.74, 6) is -0.0715. The van der Waals surface area contributed by atoms with Crippen LogP contribution >= 0.6 is 11.3 Å². The first-order valence-electron chi connectivity index (χ1n) is 9.29. The maximum Gasteiger partial charge on any atom is 0.293 e. The summed E-state index contributed by atoms with van der Waals surface area (Å²) >= 11 is 1.40. The molecule has 0 spiro atoms. The van der Waals surface area contributed by atoms with Crippen molar-refractivity contribution in [3.8, 4) is 0 Å². The first kappa shape index (κ1) is 17.6. The van der Waals surface area contributed by atoms with E-state index in [1.165, 1.54) is 17.6 Å². The molecule has 0 saturated heterocycles. The van der Waals surface area contributed by atoms with Crippen molar-refractivity contribution in [3.05, 3.63) is 82.8 Å². The Balaban J connectivity index is 1.36. The molecule has 0 bridgehead atoms. The normalized spacial score (nSPS) is 13.3. The predicted molar refractivity (Wildman–Crippen MR) is 111 cm³/mol. The van der Waals surface area contributed by atoms with Gasteiger partial charge >= 0.3 is 0 Å². The van der Waals surface area contributed by atoms with Gasteiger partial charge < -0.3 is 9.32 Å². The van der Waals surface area contributed by atoms with Crippen molar-refractivity contribution in [2.45, 2.75) is 13.0 Å². The quantitative estimate of drug-likeness (QED) is 0.552. The van der Waals surface area contributed by atoms with Crippen LogP contribution < -0.4 is 5.32 Å². The number of furan rings is 1. The Bertz CT molecular complexity index is 1210.